The van der Waals surface area contributed by atoms with Gasteiger partial charge in [-0.2, -0.15) is 0 Å². The molecule has 1 saturated heterocycles. The first-order valence-corrected chi connectivity index (χ1v) is 6.40. The Labute approximate surface area is 99.8 Å². The number of pyridine rings is 1. The molecule has 82 valence electrons. The molecule has 1 aliphatic rings. The minimum atomic E-state index is 0.592. The summed E-state index contributed by atoms with van der Waals surface area (Å²) in [4.78, 5) is 7.42. The number of anilines is 1. The number of hydrogen-bond donors (Lipinski definition) is 0. The van der Waals surface area contributed by atoms with Crippen molar-refractivity contribution in [2.45, 2.75) is 25.1 Å². The summed E-state index contributed by atoms with van der Waals surface area (Å²) >= 11 is 3.74. The fraction of sp³-hybridized carbons (Fsp3) is 0.583. The first kappa shape index (κ1) is 10.9. The van der Waals surface area contributed by atoms with Crippen LogP contribution in [0.4, 0.5) is 5.82 Å². The SMILES string of the molecule is Cc1ccc(N2CCC(C)C(Br)C2)nc1. The van der Waals surface area contributed by atoms with Crippen LogP contribution in [0.15, 0.2) is 18.3 Å². The second kappa shape index (κ2) is 4.52. The van der Waals surface area contributed by atoms with Gasteiger partial charge in [0.25, 0.3) is 0 Å². The topological polar surface area (TPSA) is 16.1 Å². The average molecular weight is 269 g/mol. The van der Waals surface area contributed by atoms with Gasteiger partial charge in [0.15, 0.2) is 0 Å². The molecule has 2 heterocycles. The molecule has 1 fully saturated rings. The second-order valence-corrected chi connectivity index (χ2v) is 5.60. The Bertz CT molecular complexity index is 323. The van der Waals surface area contributed by atoms with Gasteiger partial charge in [0.05, 0.1) is 0 Å². The molecule has 15 heavy (non-hydrogen) atoms. The molecule has 1 aromatic rings. The van der Waals surface area contributed by atoms with Gasteiger partial charge in [-0.3, -0.25) is 0 Å². The van der Waals surface area contributed by atoms with Crippen LogP contribution in [0.5, 0.6) is 0 Å². The van der Waals surface area contributed by atoms with Crippen molar-refractivity contribution >= 4 is 21.7 Å². The van der Waals surface area contributed by atoms with E-state index in [0.29, 0.717) is 4.83 Å². The fourth-order valence-electron chi connectivity index (χ4n) is 1.88. The fourth-order valence-corrected chi connectivity index (χ4v) is 2.49. The number of aromatic nitrogens is 1. The quantitative estimate of drug-likeness (QED) is 0.728. The number of hydrogen-bond acceptors (Lipinski definition) is 2. The van der Waals surface area contributed by atoms with Gasteiger partial charge >= 0.3 is 0 Å². The smallest absolute Gasteiger partial charge is 0.128 e. The van der Waals surface area contributed by atoms with Crippen LogP contribution in [0.25, 0.3) is 0 Å². The van der Waals surface area contributed by atoms with Crippen molar-refractivity contribution in [3.05, 3.63) is 23.9 Å². The molecule has 2 atom stereocenters. The summed E-state index contributed by atoms with van der Waals surface area (Å²) in [7, 11) is 0. The number of halogens is 1. The van der Waals surface area contributed by atoms with E-state index >= 15 is 0 Å². The Morgan fingerprint density at radius 1 is 1.47 bits per heavy atom. The summed E-state index contributed by atoms with van der Waals surface area (Å²) in [5.74, 6) is 1.88. The highest BCUT2D eigenvalue weighted by Gasteiger charge is 2.24. The first-order chi connectivity index (χ1) is 7.16. The molecule has 0 radical (unpaired) electrons. The van der Waals surface area contributed by atoms with Gasteiger partial charge in [-0.05, 0) is 30.9 Å². The van der Waals surface area contributed by atoms with Gasteiger partial charge < -0.3 is 4.90 Å². The summed E-state index contributed by atoms with van der Waals surface area (Å²) in [6, 6.07) is 4.24. The number of nitrogens with zero attached hydrogens (tertiary/aromatic N) is 2. The molecule has 0 aliphatic carbocycles. The second-order valence-electron chi connectivity index (χ2n) is 4.42. The van der Waals surface area contributed by atoms with E-state index in [1.165, 1.54) is 12.0 Å². The lowest BCUT2D eigenvalue weighted by Crippen LogP contribution is -2.40. The molecule has 0 amide bonds. The normalized spacial score (nSPS) is 26.7. The maximum Gasteiger partial charge on any atom is 0.128 e. The predicted octanol–water partition coefficient (Wildman–Crippen LogP) is 3.00. The largest absolute Gasteiger partial charge is 0.355 e. The molecule has 3 heteroatoms. The van der Waals surface area contributed by atoms with Crippen LogP contribution < -0.4 is 4.90 Å². The van der Waals surface area contributed by atoms with Gasteiger partial charge in [0, 0.05) is 24.1 Å². The lowest BCUT2D eigenvalue weighted by Gasteiger charge is -2.35. The molecular weight excluding hydrogens is 252 g/mol. The zero-order chi connectivity index (χ0) is 10.8. The van der Waals surface area contributed by atoms with Crippen molar-refractivity contribution in [3.8, 4) is 0 Å². The number of piperidine rings is 1. The van der Waals surface area contributed by atoms with Gasteiger partial charge in [-0.1, -0.05) is 28.9 Å². The van der Waals surface area contributed by atoms with E-state index < -0.39 is 0 Å². The molecule has 2 unspecified atom stereocenters. The minimum Gasteiger partial charge on any atom is -0.355 e. The summed E-state index contributed by atoms with van der Waals surface area (Å²) in [5, 5.41) is 0. The Hall–Kier alpha value is -0.570. The molecule has 0 bridgehead atoms. The van der Waals surface area contributed by atoms with Crippen LogP contribution in [-0.4, -0.2) is 22.9 Å². The maximum absolute atomic E-state index is 4.47. The summed E-state index contributed by atoms with van der Waals surface area (Å²) < 4.78 is 0. The van der Waals surface area contributed by atoms with Crippen molar-refractivity contribution in [1.82, 2.24) is 4.98 Å². The Kier molecular flexibility index (Phi) is 3.29. The highest BCUT2D eigenvalue weighted by atomic mass is 79.9. The zero-order valence-corrected chi connectivity index (χ0v) is 10.9. The lowest BCUT2D eigenvalue weighted by molar-refractivity contribution is 0.454. The first-order valence-electron chi connectivity index (χ1n) is 5.48. The van der Waals surface area contributed by atoms with Crippen LogP contribution in [0.2, 0.25) is 0 Å². The van der Waals surface area contributed by atoms with Gasteiger partial charge in [-0.15, -0.1) is 0 Å². The van der Waals surface area contributed by atoms with E-state index in [1.54, 1.807) is 0 Å². The third kappa shape index (κ3) is 2.51. The Morgan fingerprint density at radius 3 is 2.87 bits per heavy atom. The van der Waals surface area contributed by atoms with Crippen LogP contribution >= 0.6 is 15.9 Å². The van der Waals surface area contributed by atoms with Crippen molar-refractivity contribution in [2.24, 2.45) is 5.92 Å². The average Bonchev–Trinajstić information content (AvgIpc) is 2.23. The summed E-state index contributed by atoms with van der Waals surface area (Å²) in [6.45, 7) is 6.57. The molecule has 0 N–H and O–H groups in total. The third-order valence-electron chi connectivity index (χ3n) is 3.09. The van der Waals surface area contributed by atoms with Crippen molar-refractivity contribution in [3.63, 3.8) is 0 Å². The molecule has 0 spiro atoms. The van der Waals surface area contributed by atoms with E-state index in [2.05, 4.69) is 51.8 Å². The van der Waals surface area contributed by atoms with Crippen LogP contribution in [0, 0.1) is 12.8 Å². The van der Waals surface area contributed by atoms with E-state index in [9.17, 15) is 0 Å². The van der Waals surface area contributed by atoms with Crippen molar-refractivity contribution in [1.29, 1.82) is 0 Å². The molecule has 0 aromatic carbocycles. The standard InChI is InChI=1S/C12H17BrN2/c1-9-3-4-12(14-7-9)15-6-5-10(2)11(13)8-15/h3-4,7,10-11H,5-6,8H2,1-2H3. The Morgan fingerprint density at radius 2 is 2.27 bits per heavy atom. The maximum atomic E-state index is 4.47. The lowest BCUT2D eigenvalue weighted by atomic mass is 9.99. The van der Waals surface area contributed by atoms with E-state index in [0.717, 1.165) is 24.8 Å². The van der Waals surface area contributed by atoms with Gasteiger partial charge in [-0.25, -0.2) is 4.98 Å². The minimum absolute atomic E-state index is 0.592. The summed E-state index contributed by atoms with van der Waals surface area (Å²) in [5.41, 5.74) is 1.22. The third-order valence-corrected chi connectivity index (χ3v) is 4.28. The predicted molar refractivity (Wildman–Crippen MR) is 67.7 cm³/mol. The monoisotopic (exact) mass is 268 g/mol. The number of rotatable bonds is 1. The number of alkyl halides is 1. The molecule has 2 nitrogen and oxygen atoms in total. The van der Waals surface area contributed by atoms with Crippen LogP contribution in [0.3, 0.4) is 0 Å². The number of aryl methyl sites for hydroxylation is 1. The zero-order valence-electron chi connectivity index (χ0n) is 9.28. The Balaban J connectivity index is 2.08. The van der Waals surface area contributed by atoms with Crippen molar-refractivity contribution < 1.29 is 0 Å². The highest BCUT2D eigenvalue weighted by Crippen LogP contribution is 2.26. The van der Waals surface area contributed by atoms with E-state index in [4.69, 9.17) is 0 Å². The summed E-state index contributed by atoms with van der Waals surface area (Å²) in [6.07, 6.45) is 3.18. The van der Waals surface area contributed by atoms with Crippen LogP contribution in [-0.2, 0) is 0 Å². The highest BCUT2D eigenvalue weighted by molar-refractivity contribution is 9.09. The van der Waals surface area contributed by atoms with Gasteiger partial charge in [0.2, 0.25) is 0 Å². The molecule has 0 saturated carbocycles. The van der Waals surface area contributed by atoms with E-state index in [1.807, 2.05) is 6.20 Å². The molecule has 1 aliphatic heterocycles. The van der Waals surface area contributed by atoms with E-state index in [-0.39, 0.29) is 0 Å². The van der Waals surface area contributed by atoms with Crippen molar-refractivity contribution in [2.75, 3.05) is 18.0 Å². The molecular formula is C12H17BrN2. The van der Waals surface area contributed by atoms with Crippen LogP contribution in [0.1, 0.15) is 18.9 Å². The van der Waals surface area contributed by atoms with Gasteiger partial charge in [0.1, 0.15) is 5.82 Å². The molecule has 2 rings (SSSR count). The molecule has 1 aromatic heterocycles.